The van der Waals surface area contributed by atoms with Gasteiger partial charge in [-0.3, -0.25) is 10.1 Å². The maximum absolute atomic E-state index is 11.0. The summed E-state index contributed by atoms with van der Waals surface area (Å²) in [6.07, 6.45) is -0.422. The average Bonchev–Trinajstić information content (AvgIpc) is 2.09. The van der Waals surface area contributed by atoms with Crippen LogP contribution in [0.1, 0.15) is 20.8 Å². The molecule has 0 unspecified atom stereocenters. The predicted molar refractivity (Wildman–Crippen MR) is 56.7 cm³/mol. The number of nitrogens with one attached hydrogen (secondary N) is 1. The van der Waals surface area contributed by atoms with Crippen molar-refractivity contribution in [1.82, 2.24) is 5.32 Å². The van der Waals surface area contributed by atoms with E-state index >= 15 is 0 Å². The highest BCUT2D eigenvalue weighted by molar-refractivity contribution is 5.74. The van der Waals surface area contributed by atoms with Crippen LogP contribution in [0.15, 0.2) is 0 Å². The number of carbonyl (C=O) groups is 1. The Bertz CT molecular complexity index is 196. The van der Waals surface area contributed by atoms with E-state index in [1.807, 2.05) is 20.8 Å². The summed E-state index contributed by atoms with van der Waals surface area (Å²) in [5.41, 5.74) is -0.349. The number of ether oxygens (including phenoxy) is 2. The molecule has 5 heteroatoms. The number of hydrogen-bond acceptors (Lipinski definition) is 4. The fourth-order valence-electron chi connectivity index (χ4n) is 1.24. The quantitative estimate of drug-likeness (QED) is 0.643. The second kappa shape index (κ2) is 6.05. The molecule has 0 aliphatic heterocycles. The molecule has 0 heterocycles. The van der Waals surface area contributed by atoms with Crippen molar-refractivity contribution in [3.05, 3.63) is 0 Å². The Hall–Kier alpha value is -0.650. The molecule has 0 fully saturated rings. The minimum absolute atomic E-state index is 0.348. The smallest absolute Gasteiger partial charge is 0.321 e. The fraction of sp³-hybridized carbons (Fsp3) is 0.900. The molecule has 5 nitrogen and oxygen atoms in total. The van der Waals surface area contributed by atoms with E-state index < -0.39 is 18.3 Å². The van der Waals surface area contributed by atoms with Crippen molar-refractivity contribution in [2.75, 3.05) is 20.8 Å². The molecule has 0 bridgehead atoms. The van der Waals surface area contributed by atoms with Crippen LogP contribution in [0.2, 0.25) is 0 Å². The maximum Gasteiger partial charge on any atom is 0.321 e. The Morgan fingerprint density at radius 1 is 1.33 bits per heavy atom. The number of carboxylic acids is 1. The van der Waals surface area contributed by atoms with E-state index in [2.05, 4.69) is 5.32 Å². The van der Waals surface area contributed by atoms with Crippen molar-refractivity contribution in [2.24, 2.45) is 5.41 Å². The lowest BCUT2D eigenvalue weighted by Gasteiger charge is -2.29. The highest BCUT2D eigenvalue weighted by atomic mass is 16.7. The monoisotopic (exact) mass is 219 g/mol. The molecule has 0 radical (unpaired) electrons. The number of methoxy groups -OCH3 is 2. The van der Waals surface area contributed by atoms with Crippen molar-refractivity contribution in [1.29, 1.82) is 0 Å². The first kappa shape index (κ1) is 14.3. The van der Waals surface area contributed by atoms with Gasteiger partial charge in [-0.2, -0.15) is 0 Å². The predicted octanol–water partition coefficient (Wildman–Crippen LogP) is 0.694. The summed E-state index contributed by atoms with van der Waals surface area (Å²) in [5.74, 6) is -0.867. The van der Waals surface area contributed by atoms with Gasteiger partial charge in [-0.15, -0.1) is 0 Å². The van der Waals surface area contributed by atoms with Gasteiger partial charge in [0.2, 0.25) is 0 Å². The van der Waals surface area contributed by atoms with E-state index in [9.17, 15) is 4.79 Å². The number of carboxylic acid groups (broad SMARTS) is 1. The van der Waals surface area contributed by atoms with Gasteiger partial charge in [-0.1, -0.05) is 20.8 Å². The van der Waals surface area contributed by atoms with Crippen molar-refractivity contribution in [3.63, 3.8) is 0 Å². The summed E-state index contributed by atoms with van der Waals surface area (Å²) in [6.45, 7) is 5.95. The van der Waals surface area contributed by atoms with E-state index in [1.54, 1.807) is 0 Å². The van der Waals surface area contributed by atoms with Crippen molar-refractivity contribution in [2.45, 2.75) is 33.1 Å². The first-order chi connectivity index (χ1) is 6.82. The molecule has 0 rings (SSSR count). The second-order valence-corrected chi connectivity index (χ2v) is 4.45. The third kappa shape index (κ3) is 5.11. The zero-order valence-corrected chi connectivity index (χ0v) is 10.0. The lowest BCUT2D eigenvalue weighted by molar-refractivity contribution is -0.144. The van der Waals surface area contributed by atoms with E-state index in [0.29, 0.717) is 6.54 Å². The van der Waals surface area contributed by atoms with Crippen LogP contribution in [0.5, 0.6) is 0 Å². The maximum atomic E-state index is 11.0. The largest absolute Gasteiger partial charge is 0.480 e. The standard InChI is InChI=1S/C10H21NO4/c1-10(2,3)8(9(12)13)11-6-7(14-4)15-5/h7-8,11H,6H2,1-5H3,(H,12,13)/t8-/m0/s1. The van der Waals surface area contributed by atoms with Crippen LogP contribution in [-0.4, -0.2) is 44.2 Å². The molecule has 0 aromatic heterocycles. The molecule has 15 heavy (non-hydrogen) atoms. The molecule has 0 saturated heterocycles. The molecule has 90 valence electrons. The Balaban J connectivity index is 4.26. The zero-order valence-electron chi connectivity index (χ0n) is 10.0. The van der Waals surface area contributed by atoms with Gasteiger partial charge >= 0.3 is 5.97 Å². The number of rotatable bonds is 6. The van der Waals surface area contributed by atoms with E-state index in [4.69, 9.17) is 14.6 Å². The molecule has 0 spiro atoms. The lowest BCUT2D eigenvalue weighted by atomic mass is 9.87. The molecule has 1 atom stereocenters. The highest BCUT2D eigenvalue weighted by Crippen LogP contribution is 2.19. The molecule has 0 aromatic carbocycles. The van der Waals surface area contributed by atoms with Crippen molar-refractivity contribution in [3.8, 4) is 0 Å². The van der Waals surface area contributed by atoms with Gasteiger partial charge in [-0.25, -0.2) is 0 Å². The molecule has 0 aliphatic carbocycles. The first-order valence-electron chi connectivity index (χ1n) is 4.84. The minimum Gasteiger partial charge on any atom is -0.480 e. The Morgan fingerprint density at radius 2 is 1.80 bits per heavy atom. The number of aliphatic carboxylic acids is 1. The van der Waals surface area contributed by atoms with Gasteiger partial charge in [0.15, 0.2) is 6.29 Å². The summed E-state index contributed by atoms with van der Waals surface area (Å²) in [7, 11) is 3.03. The summed E-state index contributed by atoms with van der Waals surface area (Å²) in [5, 5.41) is 11.9. The SMILES string of the molecule is COC(CN[C@@H](C(=O)O)C(C)(C)C)OC. The average molecular weight is 219 g/mol. The molecule has 0 aliphatic rings. The summed E-state index contributed by atoms with van der Waals surface area (Å²) < 4.78 is 9.93. The second-order valence-electron chi connectivity index (χ2n) is 4.45. The summed E-state index contributed by atoms with van der Waals surface area (Å²) in [4.78, 5) is 11.0. The lowest BCUT2D eigenvalue weighted by Crippen LogP contribution is -2.49. The van der Waals surface area contributed by atoms with Crippen LogP contribution in [0.3, 0.4) is 0 Å². The third-order valence-corrected chi connectivity index (χ3v) is 2.13. The normalized spacial score (nSPS) is 14.3. The van der Waals surface area contributed by atoms with Gasteiger partial charge in [-0.05, 0) is 5.41 Å². The molecule has 2 N–H and O–H groups in total. The van der Waals surface area contributed by atoms with Crippen LogP contribution in [0, 0.1) is 5.41 Å². The van der Waals surface area contributed by atoms with Crippen LogP contribution in [-0.2, 0) is 14.3 Å². The number of hydrogen-bond donors (Lipinski definition) is 2. The Morgan fingerprint density at radius 3 is 2.07 bits per heavy atom. The molecular formula is C10H21NO4. The van der Waals surface area contributed by atoms with Gasteiger partial charge in [0, 0.05) is 20.8 Å². The van der Waals surface area contributed by atoms with Crippen molar-refractivity contribution < 1.29 is 19.4 Å². The minimum atomic E-state index is -0.867. The van der Waals surface area contributed by atoms with Crippen LogP contribution < -0.4 is 5.32 Å². The van der Waals surface area contributed by atoms with Gasteiger partial charge < -0.3 is 14.6 Å². The van der Waals surface area contributed by atoms with Gasteiger partial charge in [0.25, 0.3) is 0 Å². The van der Waals surface area contributed by atoms with E-state index in [1.165, 1.54) is 14.2 Å². The van der Waals surface area contributed by atoms with Crippen molar-refractivity contribution >= 4 is 5.97 Å². The van der Waals surface area contributed by atoms with Crippen LogP contribution >= 0.6 is 0 Å². The fourth-order valence-corrected chi connectivity index (χ4v) is 1.24. The third-order valence-electron chi connectivity index (χ3n) is 2.13. The molecule has 0 amide bonds. The molecule has 0 saturated carbocycles. The summed E-state index contributed by atoms with van der Waals surface area (Å²) in [6, 6.07) is -0.620. The zero-order chi connectivity index (χ0) is 12.1. The highest BCUT2D eigenvalue weighted by Gasteiger charge is 2.31. The van der Waals surface area contributed by atoms with Crippen LogP contribution in [0.4, 0.5) is 0 Å². The van der Waals surface area contributed by atoms with Gasteiger partial charge in [0.05, 0.1) is 0 Å². The Labute approximate surface area is 90.8 Å². The molecule has 0 aromatic rings. The Kier molecular flexibility index (Phi) is 5.79. The summed E-state index contributed by atoms with van der Waals surface area (Å²) >= 11 is 0. The van der Waals surface area contributed by atoms with Gasteiger partial charge in [0.1, 0.15) is 6.04 Å². The first-order valence-corrected chi connectivity index (χ1v) is 4.84. The van der Waals surface area contributed by atoms with E-state index in [-0.39, 0.29) is 5.41 Å². The molecular weight excluding hydrogens is 198 g/mol. The van der Waals surface area contributed by atoms with E-state index in [0.717, 1.165) is 0 Å². The topological polar surface area (TPSA) is 67.8 Å². The van der Waals surface area contributed by atoms with Crippen LogP contribution in [0.25, 0.3) is 0 Å².